The van der Waals surface area contributed by atoms with Crippen LogP contribution in [0.3, 0.4) is 0 Å². The first-order chi connectivity index (χ1) is 28.1. The van der Waals surface area contributed by atoms with Crippen molar-refractivity contribution in [2.45, 2.75) is 0 Å². The fourth-order valence-electron chi connectivity index (χ4n) is 3.66. The lowest BCUT2D eigenvalue weighted by molar-refractivity contribution is 0.0583. The second-order valence-electron chi connectivity index (χ2n) is 10.5. The number of esters is 2. The van der Waals surface area contributed by atoms with E-state index in [-0.39, 0.29) is 23.3 Å². The fraction of sp³-hybridized carbons (Fsp3) is 0.0968. The van der Waals surface area contributed by atoms with E-state index in [4.69, 9.17) is 62.2 Å². The number of hydrogen-bond acceptors (Lipinski definition) is 9. The topological polar surface area (TPSA) is 136 Å². The second-order valence-corrected chi connectivity index (χ2v) is 14.3. The molecule has 0 saturated carbocycles. The van der Waals surface area contributed by atoms with Gasteiger partial charge >= 0.3 is 11.9 Å². The van der Waals surface area contributed by atoms with Gasteiger partial charge in [-0.3, -0.25) is 9.18 Å². The van der Waals surface area contributed by atoms with Gasteiger partial charge in [0.05, 0.1) is 22.7 Å². The fourth-order valence-corrected chi connectivity index (χ4v) is 4.34. The maximum Gasteiger partial charge on any atom is 0.343 e. The molecule has 59 heavy (non-hydrogen) atoms. The van der Waals surface area contributed by atoms with Crippen LogP contribution in [0.15, 0.2) is 93.9 Å². The van der Waals surface area contributed by atoms with Gasteiger partial charge in [0, 0.05) is 92.3 Å². The van der Waals surface area contributed by atoms with Crippen molar-refractivity contribution in [3.05, 3.63) is 122 Å². The van der Waals surface area contributed by atoms with Crippen LogP contribution in [0.4, 0.5) is 17.6 Å². The zero-order valence-electron chi connectivity index (χ0n) is 32.1. The molecule has 291 valence electrons. The van der Waals surface area contributed by atoms with Crippen molar-refractivity contribution >= 4 is 155 Å². The molecule has 13 radical (unpaired) electrons. The largest absolute Gasteiger partial charge is 0.508 e. The molecule has 0 fully saturated rings. The van der Waals surface area contributed by atoms with E-state index in [0.29, 0.717) is 11.5 Å². The SMILES string of the molecule is COC(=O)c1c(F)cccc1F.COC(=O)c1cccc(F)c1Oc1ccc(Br)cc1.O=CS(=O)(O)=C=S.Oc1ccc(Br)cc1.[2H]CF.[B][B]B([B])B(B([B])[B])B([B])[B]. The highest BCUT2D eigenvalue weighted by atomic mass is 79.9. The molecule has 0 spiro atoms. The lowest BCUT2D eigenvalue weighted by atomic mass is 8.56. The molecule has 0 aliphatic rings. The van der Waals surface area contributed by atoms with Gasteiger partial charge in [-0.25, -0.2) is 27.0 Å². The number of alkyl halides is 1. The quantitative estimate of drug-likeness (QED) is 0.0826. The zero-order valence-corrected chi connectivity index (χ0v) is 35.9. The highest BCUT2D eigenvalue weighted by Crippen LogP contribution is 2.29. The normalized spacial score (nSPS) is 10.3. The summed E-state index contributed by atoms with van der Waals surface area (Å²) in [5, 5.41) is 8.74. The van der Waals surface area contributed by atoms with E-state index < -0.39 is 71.1 Å². The molecule has 0 heterocycles. The zero-order chi connectivity index (χ0) is 46.6. The Labute approximate surface area is 375 Å². The summed E-state index contributed by atoms with van der Waals surface area (Å²) in [6.07, 6.45) is -2.15. The molecule has 0 aliphatic carbocycles. The van der Waals surface area contributed by atoms with Gasteiger partial charge in [0.25, 0.3) is 0 Å². The first-order valence-electron chi connectivity index (χ1n) is 16.4. The van der Waals surface area contributed by atoms with Crippen LogP contribution in [-0.2, 0) is 24.1 Å². The van der Waals surface area contributed by atoms with Crippen molar-refractivity contribution in [2.24, 2.45) is 0 Å². The Morgan fingerprint density at radius 2 is 1.27 bits per heavy atom. The lowest BCUT2D eigenvalue weighted by Crippen LogP contribution is -2.63. The maximum absolute atomic E-state index is 13.8. The Hall–Kier alpha value is -3.41. The van der Waals surface area contributed by atoms with Crippen molar-refractivity contribution < 1.29 is 61.4 Å². The van der Waals surface area contributed by atoms with E-state index in [2.05, 4.69) is 53.6 Å². The number of para-hydroxylation sites is 1. The number of hydrogen-bond donors (Lipinski definition) is 2. The Morgan fingerprint density at radius 1 is 0.847 bits per heavy atom. The third kappa shape index (κ3) is 23.2. The van der Waals surface area contributed by atoms with E-state index in [1.54, 1.807) is 48.5 Å². The van der Waals surface area contributed by atoms with Crippen LogP contribution in [0.25, 0.3) is 0 Å². The molecule has 0 aliphatic heterocycles. The highest BCUT2D eigenvalue weighted by molar-refractivity contribution is 9.10. The third-order valence-corrected chi connectivity index (χ3v) is 8.66. The molecule has 2 N–H and O–H groups in total. The molecule has 1 atom stereocenters. The van der Waals surface area contributed by atoms with Gasteiger partial charge in [-0.15, -0.1) is 0 Å². The van der Waals surface area contributed by atoms with Gasteiger partial charge in [-0.2, -0.15) is 0 Å². The van der Waals surface area contributed by atoms with Crippen LogP contribution in [0.1, 0.15) is 22.1 Å². The third-order valence-electron chi connectivity index (χ3n) is 6.39. The van der Waals surface area contributed by atoms with Crippen molar-refractivity contribution in [3.8, 4) is 17.2 Å². The van der Waals surface area contributed by atoms with Crippen LogP contribution < -0.4 is 4.74 Å². The number of carbonyl (C=O) groups is 3. The molecule has 0 amide bonds. The molecule has 4 rings (SSSR count). The number of ether oxygens (including phenoxy) is 3. The summed E-state index contributed by atoms with van der Waals surface area (Å²) in [4.78, 5) is 31.7. The molecule has 9 nitrogen and oxygen atoms in total. The van der Waals surface area contributed by atoms with Gasteiger partial charge in [0.15, 0.2) is 21.4 Å². The number of rotatable bonds is 9. The minimum absolute atomic E-state index is 0.0467. The van der Waals surface area contributed by atoms with E-state index in [1.807, 2.05) is 0 Å². The average molecular weight is 962 g/mol. The maximum atomic E-state index is 13.8. The van der Waals surface area contributed by atoms with Crippen LogP contribution in [-0.4, -0.2) is 136 Å². The van der Waals surface area contributed by atoms with Crippen molar-refractivity contribution in [1.29, 1.82) is 0 Å². The Morgan fingerprint density at radius 3 is 1.61 bits per heavy atom. The predicted octanol–water partition coefficient (Wildman–Crippen LogP) is 4.24. The lowest BCUT2D eigenvalue weighted by Gasteiger charge is -2.25. The molecule has 4 aromatic carbocycles. The van der Waals surface area contributed by atoms with E-state index in [9.17, 15) is 36.2 Å². The number of phenols is 1. The average Bonchev–Trinajstić information content (AvgIpc) is 3.21. The Bertz CT molecular complexity index is 2010. The minimum atomic E-state index is -3.52. The number of phenolic OH excluding ortho intramolecular Hbond substituents is 1. The minimum Gasteiger partial charge on any atom is -0.508 e. The van der Waals surface area contributed by atoms with Gasteiger partial charge < -0.3 is 23.9 Å². The molecule has 4 aromatic rings. The van der Waals surface area contributed by atoms with E-state index in [1.165, 1.54) is 42.8 Å². The number of methoxy groups -OCH3 is 2. The Balaban J connectivity index is 0. The van der Waals surface area contributed by atoms with E-state index >= 15 is 0 Å². The van der Waals surface area contributed by atoms with Crippen molar-refractivity contribution in [1.82, 2.24) is 0 Å². The number of halogens is 6. The standard InChI is InChI=1S/C14H10BrFO3.C8H6F2O2.C6H5BrO.C2H2O3S2.CH3F.B11/c1-18-14(17)11-3-2-4-12(16)13(11)19-10-7-5-9(15)6-8-10;1-12-8(11)7-5(9)3-2-4-6(7)10;7-5-1-3-6(8)4-2-5;3-1-7(4,5)2-6;1-2;1-7-10(6)11(8(2)3)9(4)5/h2-8H,1H3;2-4H,1H3;1-4,8H;1H,(H,4,5);1H3;/i;;;;1D;. The molecule has 28 heteroatoms. The van der Waals surface area contributed by atoms with Gasteiger partial charge in [0.2, 0.25) is 5.62 Å². The molecular formula is C31H26B11Br2F4O9S2. The second kappa shape index (κ2) is 31.5. The first kappa shape index (κ1) is 55.6. The highest BCUT2D eigenvalue weighted by Gasteiger charge is 2.26. The van der Waals surface area contributed by atoms with Crippen molar-refractivity contribution in [3.63, 3.8) is 0 Å². The molecule has 0 aromatic heterocycles. The molecule has 1 unspecified atom stereocenters. The monoisotopic (exact) mass is 962 g/mol. The van der Waals surface area contributed by atoms with Crippen LogP contribution in [0.2, 0.25) is 0 Å². The van der Waals surface area contributed by atoms with Gasteiger partial charge in [-0.1, -0.05) is 44.0 Å². The van der Waals surface area contributed by atoms with Gasteiger partial charge in [-0.05, 0) is 85.0 Å². The number of aromatic hydroxyl groups is 1. The summed E-state index contributed by atoms with van der Waals surface area (Å²) in [6, 6.07) is 20.9. The summed E-state index contributed by atoms with van der Waals surface area (Å²) in [6.45, 7) is 0. The summed E-state index contributed by atoms with van der Waals surface area (Å²) in [5.74, 6) is -3.52. The summed E-state index contributed by atoms with van der Waals surface area (Å²) in [5.41, 5.74) is -0.745. The molecule has 0 bridgehead atoms. The predicted molar refractivity (Wildman–Crippen MR) is 246 cm³/mol. The summed E-state index contributed by atoms with van der Waals surface area (Å²) in [7, 11) is 31.3. The smallest absolute Gasteiger partial charge is 0.343 e. The molecule has 0 saturated heterocycles. The van der Waals surface area contributed by atoms with Crippen LogP contribution in [0, 0.1) is 17.5 Å². The molecular weight excluding hydrogens is 935 g/mol. The van der Waals surface area contributed by atoms with Gasteiger partial charge in [0.1, 0.15) is 34.3 Å². The van der Waals surface area contributed by atoms with E-state index in [0.717, 1.165) is 28.2 Å². The summed E-state index contributed by atoms with van der Waals surface area (Å²) < 4.78 is 90.3. The number of thiocarbonyl (C=S) groups is 1. The van der Waals surface area contributed by atoms with Crippen LogP contribution >= 0.6 is 44.1 Å². The Kier molecular flexibility index (Phi) is 29.6. The number of carbonyl (C=O) groups excluding carboxylic acids is 3. The van der Waals surface area contributed by atoms with Crippen LogP contribution in [0.5, 0.6) is 17.2 Å². The first-order valence-corrected chi connectivity index (χ1v) is 19.2. The number of benzene rings is 4. The summed E-state index contributed by atoms with van der Waals surface area (Å²) >= 11 is 10.4. The van der Waals surface area contributed by atoms with Crippen molar-refractivity contribution in [2.75, 3.05) is 21.4 Å².